The molecule has 0 atom stereocenters. The van der Waals surface area contributed by atoms with Crippen LogP contribution in [-0.2, 0) is 20.8 Å². The topological polar surface area (TPSA) is 92.3 Å². The molecule has 2 N–H and O–H groups in total. The highest BCUT2D eigenvalue weighted by Gasteiger charge is 2.31. The molecule has 2 amide bonds. The molecule has 6 nitrogen and oxygen atoms in total. The number of amides is 2. The second kappa shape index (κ2) is 7.80. The smallest absolute Gasteiger partial charge is 0.325 e. The van der Waals surface area contributed by atoms with Gasteiger partial charge in [0.25, 0.3) is 5.91 Å². The van der Waals surface area contributed by atoms with E-state index in [-0.39, 0.29) is 26.9 Å². The summed E-state index contributed by atoms with van der Waals surface area (Å²) in [6.07, 6.45) is -3.77. The van der Waals surface area contributed by atoms with Crippen LogP contribution >= 0.6 is 11.6 Å². The second-order valence-electron chi connectivity index (χ2n) is 5.81. The Morgan fingerprint density at radius 3 is 2.18 bits per heavy atom. The first kappa shape index (κ1) is 21.7. The summed E-state index contributed by atoms with van der Waals surface area (Å²) in [4.78, 5) is 23.4. The molecule has 11 heteroatoms. The Morgan fingerprint density at radius 2 is 1.64 bits per heavy atom. The van der Waals surface area contributed by atoms with Gasteiger partial charge in [-0.2, -0.15) is 13.2 Å². The maximum absolute atomic E-state index is 13.0. The summed E-state index contributed by atoms with van der Waals surface area (Å²) in [7, 11) is -3.73. The van der Waals surface area contributed by atoms with E-state index in [4.69, 9.17) is 11.6 Å². The van der Waals surface area contributed by atoms with E-state index in [2.05, 4.69) is 10.6 Å². The molecule has 0 unspecified atom stereocenters. The third kappa shape index (κ3) is 5.23. The molecule has 0 aliphatic rings. The average molecular weight is 435 g/mol. The molecule has 150 valence electrons. The van der Waals surface area contributed by atoms with Crippen molar-refractivity contribution in [3.05, 3.63) is 52.5 Å². The number of alkyl halides is 3. The van der Waals surface area contributed by atoms with E-state index >= 15 is 0 Å². The monoisotopic (exact) mass is 434 g/mol. The zero-order valence-electron chi connectivity index (χ0n) is 14.5. The summed E-state index contributed by atoms with van der Waals surface area (Å²) in [5.74, 6) is -1.44. The Kier molecular flexibility index (Phi) is 6.05. The molecule has 0 radical (unpaired) electrons. The maximum Gasteiger partial charge on any atom is 0.416 e. The number of carbonyl (C=O) groups excluding carboxylic acids is 2. The van der Waals surface area contributed by atoms with Crippen molar-refractivity contribution in [2.45, 2.75) is 18.0 Å². The Balaban J connectivity index is 2.46. The molecule has 0 saturated carbocycles. The predicted molar refractivity (Wildman–Crippen MR) is 98.3 cm³/mol. The molecule has 0 fully saturated rings. The minimum atomic E-state index is -4.67. The van der Waals surface area contributed by atoms with E-state index in [0.29, 0.717) is 6.07 Å². The molecule has 2 aromatic rings. The highest BCUT2D eigenvalue weighted by molar-refractivity contribution is 7.90. The number of anilines is 2. The van der Waals surface area contributed by atoms with Crippen LogP contribution in [0.5, 0.6) is 0 Å². The van der Waals surface area contributed by atoms with Gasteiger partial charge in [-0.3, -0.25) is 9.59 Å². The quantitative estimate of drug-likeness (QED) is 0.761. The average Bonchev–Trinajstić information content (AvgIpc) is 2.54. The molecular weight excluding hydrogens is 421 g/mol. The van der Waals surface area contributed by atoms with Crippen molar-refractivity contribution in [1.29, 1.82) is 0 Å². The third-order valence-electron chi connectivity index (χ3n) is 3.50. The van der Waals surface area contributed by atoms with E-state index in [1.165, 1.54) is 12.1 Å². The number of carbonyl (C=O) groups is 2. The third-order valence-corrected chi connectivity index (χ3v) is 5.08. The summed E-state index contributed by atoms with van der Waals surface area (Å²) < 4.78 is 62.4. The van der Waals surface area contributed by atoms with Gasteiger partial charge >= 0.3 is 6.18 Å². The molecular formula is C17H14ClF3N2O4S. The van der Waals surface area contributed by atoms with Crippen LogP contribution in [0.4, 0.5) is 24.5 Å². The van der Waals surface area contributed by atoms with Gasteiger partial charge in [-0.25, -0.2) is 8.42 Å². The lowest BCUT2D eigenvalue weighted by molar-refractivity contribution is -0.137. The lowest BCUT2D eigenvalue weighted by Gasteiger charge is -2.15. The fraction of sp³-hybridized carbons (Fsp3) is 0.176. The summed E-state index contributed by atoms with van der Waals surface area (Å²) in [5, 5.41) is 4.47. The van der Waals surface area contributed by atoms with E-state index in [9.17, 15) is 31.2 Å². The number of hydrogen-bond acceptors (Lipinski definition) is 4. The van der Waals surface area contributed by atoms with Gasteiger partial charge in [0.1, 0.15) is 0 Å². The van der Waals surface area contributed by atoms with Crippen molar-refractivity contribution in [3.8, 4) is 0 Å². The van der Waals surface area contributed by atoms with Crippen LogP contribution < -0.4 is 10.6 Å². The van der Waals surface area contributed by atoms with Crippen LogP contribution in [-0.4, -0.2) is 26.5 Å². The first-order chi connectivity index (χ1) is 12.8. The number of benzene rings is 2. The number of rotatable bonds is 4. The van der Waals surface area contributed by atoms with Gasteiger partial charge in [0, 0.05) is 18.7 Å². The minimum absolute atomic E-state index is 0.0499. The van der Waals surface area contributed by atoms with Crippen molar-refractivity contribution in [3.63, 3.8) is 0 Å². The first-order valence-corrected chi connectivity index (χ1v) is 9.86. The minimum Gasteiger partial charge on any atom is -0.325 e. The SMILES string of the molecule is CC(=O)Nc1ccc(C(F)(F)F)cc1NC(=O)c1ccc(Cl)c(S(C)(=O)=O)c1. The zero-order chi connectivity index (χ0) is 21.3. The fourth-order valence-electron chi connectivity index (χ4n) is 2.25. The van der Waals surface area contributed by atoms with E-state index < -0.39 is 33.4 Å². The molecule has 28 heavy (non-hydrogen) atoms. The Bertz CT molecular complexity index is 1050. The summed E-state index contributed by atoms with van der Waals surface area (Å²) in [5.41, 5.74) is -1.53. The summed E-state index contributed by atoms with van der Waals surface area (Å²) in [6, 6.07) is 5.84. The van der Waals surface area contributed by atoms with E-state index in [0.717, 1.165) is 31.4 Å². The Labute approximate surface area is 163 Å². The van der Waals surface area contributed by atoms with Crippen LogP contribution in [0.2, 0.25) is 5.02 Å². The van der Waals surface area contributed by atoms with Crippen LogP contribution in [0.25, 0.3) is 0 Å². The Hall–Kier alpha value is -2.59. The van der Waals surface area contributed by atoms with Crippen molar-refractivity contribution < 1.29 is 31.2 Å². The maximum atomic E-state index is 13.0. The lowest BCUT2D eigenvalue weighted by atomic mass is 10.1. The van der Waals surface area contributed by atoms with Crippen molar-refractivity contribution in [1.82, 2.24) is 0 Å². The Morgan fingerprint density at radius 1 is 1.00 bits per heavy atom. The normalized spacial score (nSPS) is 11.8. The standard InChI is InChI=1S/C17H14ClF3N2O4S/c1-9(24)22-13-6-4-11(17(19,20)21)8-14(13)23-16(25)10-3-5-12(18)15(7-10)28(2,26)27/h3-8H,1-2H3,(H,22,24)(H,23,25). The molecule has 0 aliphatic carbocycles. The van der Waals surface area contributed by atoms with Crippen molar-refractivity contribution in [2.75, 3.05) is 16.9 Å². The molecule has 0 heterocycles. The van der Waals surface area contributed by atoms with Crippen molar-refractivity contribution >= 4 is 44.6 Å². The predicted octanol–water partition coefficient (Wildman–Crippen LogP) is 3.97. The van der Waals surface area contributed by atoms with Gasteiger partial charge in [-0.05, 0) is 36.4 Å². The molecule has 0 aromatic heterocycles. The largest absolute Gasteiger partial charge is 0.416 e. The summed E-state index contributed by atoms with van der Waals surface area (Å²) >= 11 is 5.82. The molecule has 0 aliphatic heterocycles. The lowest BCUT2D eigenvalue weighted by Crippen LogP contribution is -2.17. The van der Waals surface area contributed by atoms with Gasteiger partial charge in [-0.1, -0.05) is 11.6 Å². The number of nitrogens with one attached hydrogen (secondary N) is 2. The van der Waals surface area contributed by atoms with Gasteiger partial charge in [0.05, 0.1) is 26.9 Å². The van der Waals surface area contributed by atoms with Gasteiger partial charge in [-0.15, -0.1) is 0 Å². The van der Waals surface area contributed by atoms with Crippen LogP contribution in [0.15, 0.2) is 41.3 Å². The van der Waals surface area contributed by atoms with E-state index in [1.807, 2.05) is 0 Å². The molecule has 2 rings (SSSR count). The summed E-state index contributed by atoms with van der Waals surface area (Å²) in [6.45, 7) is 1.15. The number of sulfone groups is 1. The molecule has 0 saturated heterocycles. The van der Waals surface area contributed by atoms with Crippen LogP contribution in [0.3, 0.4) is 0 Å². The number of hydrogen-bond donors (Lipinski definition) is 2. The second-order valence-corrected chi connectivity index (χ2v) is 8.20. The first-order valence-electron chi connectivity index (χ1n) is 7.59. The van der Waals surface area contributed by atoms with Crippen molar-refractivity contribution in [2.24, 2.45) is 0 Å². The number of halogens is 4. The zero-order valence-corrected chi connectivity index (χ0v) is 16.1. The molecule has 0 bridgehead atoms. The van der Waals surface area contributed by atoms with Crippen LogP contribution in [0, 0.1) is 0 Å². The van der Waals surface area contributed by atoms with Gasteiger partial charge in [0.2, 0.25) is 5.91 Å². The van der Waals surface area contributed by atoms with Gasteiger partial charge < -0.3 is 10.6 Å². The molecule has 0 spiro atoms. The van der Waals surface area contributed by atoms with E-state index in [1.54, 1.807) is 0 Å². The van der Waals surface area contributed by atoms with Crippen LogP contribution in [0.1, 0.15) is 22.8 Å². The molecule has 2 aromatic carbocycles. The highest BCUT2D eigenvalue weighted by Crippen LogP contribution is 2.34. The van der Waals surface area contributed by atoms with Gasteiger partial charge in [0.15, 0.2) is 9.84 Å². The fourth-order valence-corrected chi connectivity index (χ4v) is 3.55. The highest BCUT2D eigenvalue weighted by atomic mass is 35.5.